The van der Waals surface area contributed by atoms with Crippen LogP contribution < -0.4 is 10.0 Å². The van der Waals surface area contributed by atoms with Gasteiger partial charge in [0.15, 0.2) is 6.33 Å². The van der Waals surface area contributed by atoms with E-state index in [1.54, 1.807) is 16.8 Å². The fourth-order valence-corrected chi connectivity index (χ4v) is 2.89. The van der Waals surface area contributed by atoms with Gasteiger partial charge in [0, 0.05) is 38.4 Å². The molecule has 0 aliphatic carbocycles. The Balaban J connectivity index is 2.00. The van der Waals surface area contributed by atoms with E-state index in [4.69, 9.17) is 4.52 Å². The number of nitrogens with one attached hydrogen (secondary N) is 2. The summed E-state index contributed by atoms with van der Waals surface area (Å²) in [5, 5.41) is 6.44. The van der Waals surface area contributed by atoms with Crippen LogP contribution >= 0.6 is 0 Å². The summed E-state index contributed by atoms with van der Waals surface area (Å²) in [6, 6.07) is 1.64. The number of nitrogens with zero attached hydrogens (tertiary/aromatic N) is 3. The predicted molar refractivity (Wildman–Crippen MR) is 71.4 cm³/mol. The first-order chi connectivity index (χ1) is 9.53. The van der Waals surface area contributed by atoms with Crippen molar-refractivity contribution in [1.82, 2.24) is 24.7 Å². The summed E-state index contributed by atoms with van der Waals surface area (Å²) in [4.78, 5) is 4.07. The quantitative estimate of drug-likeness (QED) is 0.724. The molecule has 2 aromatic rings. The standard InChI is InChI=1S/C11H17N5O3S/c1-12-6-9-5-10(7-16(9)2)20(17,18)15-4-3-11-13-8-14-19-11/h5,7-8,12,15H,3-4,6H2,1-2H3. The van der Waals surface area contributed by atoms with Crippen LogP contribution in [0.4, 0.5) is 0 Å². The van der Waals surface area contributed by atoms with E-state index in [-0.39, 0.29) is 11.4 Å². The molecule has 2 rings (SSSR count). The summed E-state index contributed by atoms with van der Waals surface area (Å²) in [7, 11) is 0.0971. The Morgan fingerprint density at radius 3 is 2.90 bits per heavy atom. The molecular weight excluding hydrogens is 282 g/mol. The van der Waals surface area contributed by atoms with Gasteiger partial charge in [0.1, 0.15) is 0 Å². The molecule has 20 heavy (non-hydrogen) atoms. The molecule has 2 aromatic heterocycles. The molecule has 0 bridgehead atoms. The molecule has 0 unspecified atom stereocenters. The van der Waals surface area contributed by atoms with Gasteiger partial charge in [0.05, 0.1) is 4.90 Å². The second-order valence-corrected chi connectivity index (χ2v) is 6.06. The first-order valence-electron chi connectivity index (χ1n) is 6.08. The van der Waals surface area contributed by atoms with Gasteiger partial charge in [-0.2, -0.15) is 4.98 Å². The van der Waals surface area contributed by atoms with Gasteiger partial charge in [-0.15, -0.1) is 0 Å². The van der Waals surface area contributed by atoms with Crippen LogP contribution in [0.25, 0.3) is 0 Å². The van der Waals surface area contributed by atoms with Crippen molar-refractivity contribution in [1.29, 1.82) is 0 Å². The van der Waals surface area contributed by atoms with Gasteiger partial charge in [0.25, 0.3) is 0 Å². The molecule has 0 saturated carbocycles. The lowest BCUT2D eigenvalue weighted by Crippen LogP contribution is -2.25. The molecule has 0 aromatic carbocycles. The van der Waals surface area contributed by atoms with Crippen molar-refractivity contribution in [2.24, 2.45) is 7.05 Å². The number of aromatic nitrogens is 3. The van der Waals surface area contributed by atoms with Gasteiger partial charge in [-0.1, -0.05) is 5.16 Å². The van der Waals surface area contributed by atoms with E-state index < -0.39 is 10.0 Å². The third kappa shape index (κ3) is 3.44. The molecule has 0 fully saturated rings. The molecular formula is C11H17N5O3S. The topological polar surface area (TPSA) is 102 Å². The number of rotatable bonds is 7. The van der Waals surface area contributed by atoms with E-state index in [0.29, 0.717) is 18.9 Å². The minimum atomic E-state index is -3.52. The summed E-state index contributed by atoms with van der Waals surface area (Å²) in [5.41, 5.74) is 0.893. The summed E-state index contributed by atoms with van der Waals surface area (Å²) >= 11 is 0. The second-order valence-electron chi connectivity index (χ2n) is 4.29. The van der Waals surface area contributed by atoms with Crippen LogP contribution in [0.2, 0.25) is 0 Å². The first kappa shape index (κ1) is 14.7. The molecule has 0 aliphatic heterocycles. The average molecular weight is 299 g/mol. The third-order valence-corrected chi connectivity index (χ3v) is 4.22. The zero-order valence-corrected chi connectivity index (χ0v) is 12.1. The van der Waals surface area contributed by atoms with Crippen LogP contribution in [0, 0.1) is 0 Å². The molecule has 2 N–H and O–H groups in total. The summed E-state index contributed by atoms with van der Waals surface area (Å²) in [6.45, 7) is 0.814. The van der Waals surface area contributed by atoms with Crippen molar-refractivity contribution in [2.45, 2.75) is 17.9 Å². The first-order valence-corrected chi connectivity index (χ1v) is 7.56. The Hall–Kier alpha value is -1.71. The normalized spacial score (nSPS) is 11.9. The lowest BCUT2D eigenvalue weighted by molar-refractivity contribution is 0.377. The fraction of sp³-hybridized carbons (Fsp3) is 0.455. The van der Waals surface area contributed by atoms with Gasteiger partial charge >= 0.3 is 0 Å². The number of hydrogen-bond acceptors (Lipinski definition) is 6. The van der Waals surface area contributed by atoms with E-state index >= 15 is 0 Å². The Morgan fingerprint density at radius 2 is 2.25 bits per heavy atom. The maximum Gasteiger partial charge on any atom is 0.242 e. The van der Waals surface area contributed by atoms with Gasteiger partial charge in [0.2, 0.25) is 15.9 Å². The number of aryl methyl sites for hydroxylation is 1. The monoisotopic (exact) mass is 299 g/mol. The highest BCUT2D eigenvalue weighted by molar-refractivity contribution is 7.89. The Morgan fingerprint density at radius 1 is 1.45 bits per heavy atom. The maximum atomic E-state index is 12.1. The van der Waals surface area contributed by atoms with Gasteiger partial charge in [-0.3, -0.25) is 0 Å². The molecule has 0 aliphatic rings. The molecule has 0 amide bonds. The maximum absolute atomic E-state index is 12.1. The lowest BCUT2D eigenvalue weighted by Gasteiger charge is -2.02. The van der Waals surface area contributed by atoms with Crippen molar-refractivity contribution in [3.05, 3.63) is 30.2 Å². The Kier molecular flexibility index (Phi) is 4.53. The Labute approximate surface area is 117 Å². The SMILES string of the molecule is CNCc1cc(S(=O)(=O)NCCc2ncno2)cn1C. The smallest absolute Gasteiger partial charge is 0.242 e. The van der Waals surface area contributed by atoms with E-state index in [2.05, 4.69) is 20.2 Å². The largest absolute Gasteiger partial charge is 0.352 e. The lowest BCUT2D eigenvalue weighted by atomic mass is 10.4. The van der Waals surface area contributed by atoms with Gasteiger partial charge in [-0.25, -0.2) is 13.1 Å². The molecule has 8 nitrogen and oxygen atoms in total. The number of hydrogen-bond donors (Lipinski definition) is 2. The fourth-order valence-electron chi connectivity index (χ4n) is 1.76. The van der Waals surface area contributed by atoms with Crippen LogP contribution in [0.5, 0.6) is 0 Å². The van der Waals surface area contributed by atoms with Gasteiger partial charge in [-0.05, 0) is 13.1 Å². The van der Waals surface area contributed by atoms with Crippen molar-refractivity contribution in [2.75, 3.05) is 13.6 Å². The minimum absolute atomic E-state index is 0.209. The highest BCUT2D eigenvalue weighted by Crippen LogP contribution is 2.13. The van der Waals surface area contributed by atoms with E-state index in [9.17, 15) is 8.42 Å². The van der Waals surface area contributed by atoms with Crippen molar-refractivity contribution in [3.8, 4) is 0 Å². The molecule has 0 saturated heterocycles. The highest BCUT2D eigenvalue weighted by Gasteiger charge is 2.17. The van der Waals surface area contributed by atoms with E-state index in [1.165, 1.54) is 6.33 Å². The van der Waals surface area contributed by atoms with Crippen molar-refractivity contribution in [3.63, 3.8) is 0 Å². The zero-order chi connectivity index (χ0) is 14.6. The summed E-state index contributed by atoms with van der Waals surface area (Å²) in [6.07, 6.45) is 3.22. The second kappa shape index (κ2) is 6.16. The third-order valence-electron chi connectivity index (χ3n) is 2.79. The molecule has 2 heterocycles. The van der Waals surface area contributed by atoms with Crippen LogP contribution in [0.15, 0.2) is 28.0 Å². The van der Waals surface area contributed by atoms with Crippen molar-refractivity contribution >= 4 is 10.0 Å². The van der Waals surface area contributed by atoms with E-state index in [0.717, 1.165) is 5.69 Å². The Bertz CT molecular complexity index is 648. The molecule has 0 spiro atoms. The highest BCUT2D eigenvalue weighted by atomic mass is 32.2. The van der Waals surface area contributed by atoms with Crippen LogP contribution in [-0.4, -0.2) is 36.7 Å². The van der Waals surface area contributed by atoms with Crippen molar-refractivity contribution < 1.29 is 12.9 Å². The van der Waals surface area contributed by atoms with Crippen LogP contribution in [0.1, 0.15) is 11.6 Å². The summed E-state index contributed by atoms with van der Waals surface area (Å²) < 4.78 is 33.3. The number of sulfonamides is 1. The van der Waals surface area contributed by atoms with Gasteiger partial charge < -0.3 is 14.4 Å². The van der Waals surface area contributed by atoms with E-state index in [1.807, 2.05) is 14.1 Å². The zero-order valence-electron chi connectivity index (χ0n) is 11.3. The molecule has 0 radical (unpaired) electrons. The van der Waals surface area contributed by atoms with Crippen LogP contribution in [0.3, 0.4) is 0 Å². The minimum Gasteiger partial charge on any atom is -0.352 e. The molecule has 9 heteroatoms. The summed E-state index contributed by atoms with van der Waals surface area (Å²) in [5.74, 6) is 0.400. The predicted octanol–water partition coefficient (Wildman–Crippen LogP) is -0.351. The molecule has 0 atom stereocenters. The average Bonchev–Trinajstić information content (AvgIpc) is 3.01. The van der Waals surface area contributed by atoms with Crippen LogP contribution in [-0.2, 0) is 30.0 Å². The molecule has 110 valence electrons.